The standard InChI is InChI=1S/C15H19Br2NO3/c1-4-21-14(19)9-18(8-10(2)3)15(20)12-6-5-11(16)7-13(12)17/h5-7,10H,4,8-9H2,1-3H3. The van der Waals surface area contributed by atoms with Gasteiger partial charge in [-0.05, 0) is 47.0 Å². The van der Waals surface area contributed by atoms with Crippen LogP contribution in [-0.4, -0.2) is 36.5 Å². The minimum Gasteiger partial charge on any atom is -0.465 e. The van der Waals surface area contributed by atoms with Gasteiger partial charge in [-0.2, -0.15) is 0 Å². The Bertz CT molecular complexity index is 518. The first kappa shape index (κ1) is 18.2. The number of nitrogens with zero attached hydrogens (tertiary/aromatic N) is 1. The van der Waals surface area contributed by atoms with E-state index in [1.807, 2.05) is 19.9 Å². The third-order valence-corrected chi connectivity index (χ3v) is 3.81. The molecule has 0 N–H and O–H groups in total. The van der Waals surface area contributed by atoms with E-state index in [0.29, 0.717) is 23.2 Å². The van der Waals surface area contributed by atoms with Crippen molar-refractivity contribution in [3.63, 3.8) is 0 Å². The van der Waals surface area contributed by atoms with Gasteiger partial charge in [0.1, 0.15) is 6.54 Å². The van der Waals surface area contributed by atoms with Gasteiger partial charge in [0.05, 0.1) is 12.2 Å². The first-order valence-electron chi connectivity index (χ1n) is 6.75. The molecule has 0 spiro atoms. The Hall–Kier alpha value is -0.880. The van der Waals surface area contributed by atoms with Crippen LogP contribution in [0.3, 0.4) is 0 Å². The number of hydrogen-bond donors (Lipinski definition) is 0. The number of rotatable bonds is 6. The van der Waals surface area contributed by atoms with Crippen molar-refractivity contribution in [2.24, 2.45) is 5.92 Å². The molecule has 1 rings (SSSR count). The van der Waals surface area contributed by atoms with Crippen LogP contribution in [0, 0.1) is 5.92 Å². The third kappa shape index (κ3) is 5.79. The van der Waals surface area contributed by atoms with Crippen molar-refractivity contribution >= 4 is 43.7 Å². The molecule has 4 nitrogen and oxygen atoms in total. The van der Waals surface area contributed by atoms with Gasteiger partial charge in [-0.15, -0.1) is 0 Å². The summed E-state index contributed by atoms with van der Waals surface area (Å²) in [6, 6.07) is 5.34. The Morgan fingerprint density at radius 1 is 1.29 bits per heavy atom. The van der Waals surface area contributed by atoms with Gasteiger partial charge >= 0.3 is 5.97 Å². The van der Waals surface area contributed by atoms with E-state index in [9.17, 15) is 9.59 Å². The Kier molecular flexibility index (Phi) is 7.39. The highest BCUT2D eigenvalue weighted by molar-refractivity contribution is 9.11. The summed E-state index contributed by atoms with van der Waals surface area (Å²) in [6.45, 7) is 6.53. The number of carbonyl (C=O) groups excluding carboxylic acids is 2. The Morgan fingerprint density at radius 3 is 2.48 bits per heavy atom. The van der Waals surface area contributed by atoms with E-state index < -0.39 is 0 Å². The molecule has 0 aliphatic heterocycles. The quantitative estimate of drug-likeness (QED) is 0.656. The van der Waals surface area contributed by atoms with Gasteiger partial charge < -0.3 is 9.64 Å². The molecule has 0 radical (unpaired) electrons. The van der Waals surface area contributed by atoms with Crippen LogP contribution in [-0.2, 0) is 9.53 Å². The zero-order valence-corrected chi connectivity index (χ0v) is 15.5. The molecule has 21 heavy (non-hydrogen) atoms. The molecule has 0 saturated heterocycles. The highest BCUT2D eigenvalue weighted by Crippen LogP contribution is 2.23. The number of carbonyl (C=O) groups is 2. The molecule has 0 unspecified atom stereocenters. The van der Waals surface area contributed by atoms with Gasteiger partial charge in [-0.25, -0.2) is 0 Å². The predicted octanol–water partition coefficient (Wildman–Crippen LogP) is 3.87. The largest absolute Gasteiger partial charge is 0.465 e. The minimum absolute atomic E-state index is 0.0344. The predicted molar refractivity (Wildman–Crippen MR) is 89.2 cm³/mol. The van der Waals surface area contributed by atoms with Crippen LogP contribution < -0.4 is 0 Å². The van der Waals surface area contributed by atoms with E-state index in [2.05, 4.69) is 31.9 Å². The van der Waals surface area contributed by atoms with Crippen LogP contribution in [0.1, 0.15) is 31.1 Å². The number of benzene rings is 1. The summed E-state index contributed by atoms with van der Waals surface area (Å²) >= 11 is 6.74. The summed E-state index contributed by atoms with van der Waals surface area (Å²) in [5.41, 5.74) is 0.531. The molecule has 0 aliphatic carbocycles. The molecule has 6 heteroatoms. The normalized spacial score (nSPS) is 10.6. The minimum atomic E-state index is -0.389. The van der Waals surface area contributed by atoms with E-state index in [1.54, 1.807) is 19.1 Å². The van der Waals surface area contributed by atoms with Gasteiger partial charge in [-0.3, -0.25) is 9.59 Å². The van der Waals surface area contributed by atoms with Crippen LogP contribution >= 0.6 is 31.9 Å². The second-order valence-electron chi connectivity index (χ2n) is 5.01. The molecule has 0 bridgehead atoms. The summed E-state index contributed by atoms with van der Waals surface area (Å²) in [7, 11) is 0. The molecule has 0 aromatic heterocycles. The van der Waals surface area contributed by atoms with Crippen molar-refractivity contribution in [1.82, 2.24) is 4.90 Å². The van der Waals surface area contributed by atoms with Crippen LogP contribution in [0.2, 0.25) is 0 Å². The average Bonchev–Trinajstić information content (AvgIpc) is 2.37. The maximum absolute atomic E-state index is 12.6. The van der Waals surface area contributed by atoms with Gasteiger partial charge in [0.15, 0.2) is 0 Å². The van der Waals surface area contributed by atoms with E-state index in [4.69, 9.17) is 4.74 Å². The number of hydrogen-bond acceptors (Lipinski definition) is 3. The smallest absolute Gasteiger partial charge is 0.325 e. The van der Waals surface area contributed by atoms with Crippen LogP contribution in [0.4, 0.5) is 0 Å². The van der Waals surface area contributed by atoms with E-state index in [1.165, 1.54) is 4.90 Å². The van der Waals surface area contributed by atoms with Crippen molar-refractivity contribution in [2.45, 2.75) is 20.8 Å². The average molecular weight is 421 g/mol. The molecular weight excluding hydrogens is 402 g/mol. The second kappa shape index (κ2) is 8.54. The molecule has 0 fully saturated rings. The molecule has 1 aromatic carbocycles. The lowest BCUT2D eigenvalue weighted by atomic mass is 10.1. The van der Waals surface area contributed by atoms with Gasteiger partial charge in [0.2, 0.25) is 0 Å². The van der Waals surface area contributed by atoms with Crippen molar-refractivity contribution in [3.8, 4) is 0 Å². The summed E-state index contributed by atoms with van der Waals surface area (Å²) in [5.74, 6) is -0.312. The highest BCUT2D eigenvalue weighted by atomic mass is 79.9. The lowest BCUT2D eigenvalue weighted by molar-refractivity contribution is -0.143. The summed E-state index contributed by atoms with van der Waals surface area (Å²) in [6.07, 6.45) is 0. The molecule has 1 amide bonds. The second-order valence-corrected chi connectivity index (χ2v) is 6.78. The summed E-state index contributed by atoms with van der Waals surface area (Å²) in [5, 5.41) is 0. The Balaban J connectivity index is 2.95. The maximum Gasteiger partial charge on any atom is 0.325 e. The Morgan fingerprint density at radius 2 is 1.95 bits per heavy atom. The lowest BCUT2D eigenvalue weighted by Gasteiger charge is -2.24. The first-order chi connectivity index (χ1) is 9.85. The summed E-state index contributed by atoms with van der Waals surface area (Å²) < 4.78 is 6.51. The van der Waals surface area contributed by atoms with Gasteiger partial charge in [0.25, 0.3) is 5.91 Å². The third-order valence-electron chi connectivity index (χ3n) is 2.66. The van der Waals surface area contributed by atoms with E-state index in [0.717, 1.165) is 4.47 Å². The zero-order valence-electron chi connectivity index (χ0n) is 12.4. The van der Waals surface area contributed by atoms with E-state index in [-0.39, 0.29) is 24.3 Å². The number of halogens is 2. The topological polar surface area (TPSA) is 46.6 Å². The van der Waals surface area contributed by atoms with Crippen LogP contribution in [0.15, 0.2) is 27.1 Å². The molecule has 0 saturated carbocycles. The van der Waals surface area contributed by atoms with Crippen LogP contribution in [0.25, 0.3) is 0 Å². The fraction of sp³-hybridized carbons (Fsp3) is 0.467. The maximum atomic E-state index is 12.6. The Labute approximate surface area is 142 Å². The molecule has 1 aromatic rings. The van der Waals surface area contributed by atoms with Crippen molar-refractivity contribution < 1.29 is 14.3 Å². The highest BCUT2D eigenvalue weighted by Gasteiger charge is 2.22. The fourth-order valence-corrected chi connectivity index (χ4v) is 3.07. The molecule has 0 heterocycles. The summed E-state index contributed by atoms with van der Waals surface area (Å²) in [4.78, 5) is 25.8. The number of esters is 1. The van der Waals surface area contributed by atoms with Gasteiger partial charge in [-0.1, -0.05) is 29.8 Å². The van der Waals surface area contributed by atoms with Crippen molar-refractivity contribution in [2.75, 3.05) is 19.7 Å². The molecule has 116 valence electrons. The molecule has 0 atom stereocenters. The van der Waals surface area contributed by atoms with Gasteiger partial charge in [0, 0.05) is 15.5 Å². The molecular formula is C15H19Br2NO3. The molecule has 0 aliphatic rings. The SMILES string of the molecule is CCOC(=O)CN(CC(C)C)C(=O)c1ccc(Br)cc1Br. The van der Waals surface area contributed by atoms with Crippen molar-refractivity contribution in [3.05, 3.63) is 32.7 Å². The number of ether oxygens (including phenoxy) is 1. The van der Waals surface area contributed by atoms with Crippen LogP contribution in [0.5, 0.6) is 0 Å². The fourth-order valence-electron chi connectivity index (χ4n) is 1.86. The number of amides is 1. The monoisotopic (exact) mass is 419 g/mol. The first-order valence-corrected chi connectivity index (χ1v) is 8.33. The van der Waals surface area contributed by atoms with E-state index >= 15 is 0 Å². The van der Waals surface area contributed by atoms with Crippen molar-refractivity contribution in [1.29, 1.82) is 0 Å². The zero-order chi connectivity index (χ0) is 16.0. The lowest BCUT2D eigenvalue weighted by Crippen LogP contribution is -2.39.